The summed E-state index contributed by atoms with van der Waals surface area (Å²) >= 11 is 0. The Morgan fingerprint density at radius 1 is 1.50 bits per heavy atom. The average Bonchev–Trinajstić information content (AvgIpc) is 2.44. The molecule has 1 rings (SSSR count). The maximum absolute atomic E-state index is 5.48. The third-order valence-electron chi connectivity index (χ3n) is 2.31. The van der Waals surface area contributed by atoms with Gasteiger partial charge in [-0.1, -0.05) is 6.92 Å². The van der Waals surface area contributed by atoms with E-state index in [9.17, 15) is 0 Å². The molecule has 0 saturated carbocycles. The molecule has 2 nitrogen and oxygen atoms in total. The van der Waals surface area contributed by atoms with Crippen molar-refractivity contribution >= 4 is 0 Å². The first-order valence-corrected chi connectivity index (χ1v) is 3.59. The average molecular weight is 166 g/mol. The minimum absolute atomic E-state index is 0. The van der Waals surface area contributed by atoms with Crippen LogP contribution in [0.4, 0.5) is 0 Å². The Morgan fingerprint density at radius 2 is 2.00 bits per heavy atom. The second-order valence-corrected chi connectivity index (χ2v) is 3.12. The number of rotatable bonds is 2. The molecular formula is C7H16ClNO. The molecule has 1 aliphatic rings. The van der Waals surface area contributed by atoms with Crippen LogP contribution in [0.1, 0.15) is 20.3 Å². The number of ether oxygens (including phenoxy) is 1. The zero-order chi connectivity index (χ0) is 7.07. The Balaban J connectivity index is 0.000000810. The molecule has 1 aliphatic heterocycles. The van der Waals surface area contributed by atoms with Crippen molar-refractivity contribution in [2.75, 3.05) is 14.1 Å². The Morgan fingerprint density at radius 3 is 2.10 bits per heavy atom. The molecule has 0 aromatic carbocycles. The summed E-state index contributed by atoms with van der Waals surface area (Å²) in [4.78, 5) is 1.40. The van der Waals surface area contributed by atoms with E-state index in [-0.39, 0.29) is 18.1 Å². The fraction of sp³-hybridized carbons (Fsp3) is 1.00. The molecule has 0 amide bonds. The number of halogens is 1. The Bertz CT molecular complexity index is 118. The SMILES string of the molecule is CCC1OC1(C)[NH+](C)C.[Cl-]. The molecule has 0 bridgehead atoms. The molecule has 0 radical (unpaired) electrons. The lowest BCUT2D eigenvalue weighted by Crippen LogP contribution is -3.12. The van der Waals surface area contributed by atoms with Crippen molar-refractivity contribution in [2.45, 2.75) is 32.1 Å². The van der Waals surface area contributed by atoms with Crippen LogP contribution in [0.25, 0.3) is 0 Å². The van der Waals surface area contributed by atoms with Gasteiger partial charge in [0, 0.05) is 6.92 Å². The molecule has 10 heavy (non-hydrogen) atoms. The smallest absolute Gasteiger partial charge is 0.226 e. The second-order valence-electron chi connectivity index (χ2n) is 3.12. The van der Waals surface area contributed by atoms with E-state index in [2.05, 4.69) is 27.9 Å². The van der Waals surface area contributed by atoms with Crippen LogP contribution in [0.5, 0.6) is 0 Å². The van der Waals surface area contributed by atoms with E-state index in [0.717, 1.165) is 6.42 Å². The molecular weight excluding hydrogens is 150 g/mol. The van der Waals surface area contributed by atoms with E-state index in [0.29, 0.717) is 6.10 Å². The van der Waals surface area contributed by atoms with Crippen LogP contribution in [0.3, 0.4) is 0 Å². The first-order valence-electron chi connectivity index (χ1n) is 3.59. The molecule has 1 N–H and O–H groups in total. The molecule has 0 aromatic rings. The third-order valence-corrected chi connectivity index (χ3v) is 2.31. The Hall–Kier alpha value is 0.210. The van der Waals surface area contributed by atoms with Gasteiger partial charge in [0.25, 0.3) is 0 Å². The van der Waals surface area contributed by atoms with E-state index in [1.807, 2.05) is 0 Å². The highest BCUT2D eigenvalue weighted by atomic mass is 35.5. The molecule has 2 atom stereocenters. The summed E-state index contributed by atoms with van der Waals surface area (Å²) in [6.45, 7) is 4.33. The van der Waals surface area contributed by atoms with Gasteiger partial charge in [-0.25, -0.2) is 0 Å². The lowest BCUT2D eigenvalue weighted by Gasteiger charge is -2.11. The monoisotopic (exact) mass is 165 g/mol. The normalized spacial score (nSPS) is 37.5. The molecule has 1 heterocycles. The fourth-order valence-corrected chi connectivity index (χ4v) is 1.17. The second kappa shape index (κ2) is 3.07. The predicted molar refractivity (Wildman–Crippen MR) is 36.4 cm³/mol. The summed E-state index contributed by atoms with van der Waals surface area (Å²) < 4.78 is 5.48. The van der Waals surface area contributed by atoms with Gasteiger partial charge in [-0.05, 0) is 6.42 Å². The first-order chi connectivity index (χ1) is 4.11. The standard InChI is InChI=1S/C7H15NO.ClH/c1-5-6-7(2,9-6)8(3)4;/h6H,5H2,1-4H3;1H. The van der Waals surface area contributed by atoms with Crippen LogP contribution >= 0.6 is 0 Å². The number of nitrogens with one attached hydrogen (secondary N) is 1. The van der Waals surface area contributed by atoms with Gasteiger partial charge in [0.2, 0.25) is 5.72 Å². The molecule has 62 valence electrons. The van der Waals surface area contributed by atoms with Gasteiger partial charge in [0.15, 0.2) is 0 Å². The lowest BCUT2D eigenvalue weighted by atomic mass is 10.2. The van der Waals surface area contributed by atoms with E-state index in [1.165, 1.54) is 4.90 Å². The molecule has 2 unspecified atom stereocenters. The van der Waals surface area contributed by atoms with Gasteiger partial charge < -0.3 is 22.0 Å². The van der Waals surface area contributed by atoms with Crippen molar-refractivity contribution < 1.29 is 22.0 Å². The van der Waals surface area contributed by atoms with E-state index < -0.39 is 0 Å². The minimum atomic E-state index is 0. The number of quaternary nitrogens is 1. The molecule has 1 fully saturated rings. The van der Waals surface area contributed by atoms with Crippen LogP contribution in [-0.2, 0) is 4.74 Å². The molecule has 1 saturated heterocycles. The van der Waals surface area contributed by atoms with Crippen molar-refractivity contribution in [2.24, 2.45) is 0 Å². The molecule has 0 aromatic heterocycles. The summed E-state index contributed by atoms with van der Waals surface area (Å²) in [5.74, 6) is 0. The van der Waals surface area contributed by atoms with Gasteiger partial charge in [-0.3, -0.25) is 0 Å². The van der Waals surface area contributed by atoms with Gasteiger partial charge in [-0.2, -0.15) is 0 Å². The zero-order valence-electron chi connectivity index (χ0n) is 7.07. The predicted octanol–water partition coefficient (Wildman–Crippen LogP) is -3.34. The lowest BCUT2D eigenvalue weighted by molar-refractivity contribution is -0.908. The zero-order valence-corrected chi connectivity index (χ0v) is 7.83. The van der Waals surface area contributed by atoms with Crippen molar-refractivity contribution in [1.82, 2.24) is 0 Å². The number of hydrogen-bond donors (Lipinski definition) is 1. The Kier molecular flexibility index (Phi) is 3.14. The summed E-state index contributed by atoms with van der Waals surface area (Å²) in [7, 11) is 4.27. The molecule has 3 heteroatoms. The number of epoxide rings is 1. The van der Waals surface area contributed by atoms with Crippen LogP contribution in [0, 0.1) is 0 Å². The van der Waals surface area contributed by atoms with Gasteiger partial charge in [0.1, 0.15) is 6.10 Å². The minimum Gasteiger partial charge on any atom is -1.00 e. The van der Waals surface area contributed by atoms with E-state index in [1.54, 1.807) is 0 Å². The van der Waals surface area contributed by atoms with Crippen LogP contribution in [-0.4, -0.2) is 25.9 Å². The summed E-state index contributed by atoms with van der Waals surface area (Å²) in [5.41, 5.74) is 0.134. The van der Waals surface area contributed by atoms with Crippen LogP contribution < -0.4 is 17.3 Å². The highest BCUT2D eigenvalue weighted by Gasteiger charge is 2.57. The highest BCUT2D eigenvalue weighted by molar-refractivity contribution is 4.86. The van der Waals surface area contributed by atoms with Crippen molar-refractivity contribution in [3.8, 4) is 0 Å². The first kappa shape index (κ1) is 10.2. The van der Waals surface area contributed by atoms with Crippen LogP contribution in [0.2, 0.25) is 0 Å². The maximum Gasteiger partial charge on any atom is 0.226 e. The van der Waals surface area contributed by atoms with Crippen molar-refractivity contribution in [3.05, 3.63) is 0 Å². The van der Waals surface area contributed by atoms with Gasteiger partial charge >= 0.3 is 0 Å². The van der Waals surface area contributed by atoms with Crippen molar-refractivity contribution in [3.63, 3.8) is 0 Å². The fourth-order valence-electron chi connectivity index (χ4n) is 1.17. The summed E-state index contributed by atoms with van der Waals surface area (Å²) in [6, 6.07) is 0. The third kappa shape index (κ3) is 1.44. The summed E-state index contributed by atoms with van der Waals surface area (Å²) in [5, 5.41) is 0. The van der Waals surface area contributed by atoms with Crippen LogP contribution in [0.15, 0.2) is 0 Å². The largest absolute Gasteiger partial charge is 1.00 e. The van der Waals surface area contributed by atoms with Crippen molar-refractivity contribution in [1.29, 1.82) is 0 Å². The quantitative estimate of drug-likeness (QED) is 0.424. The number of likely N-dealkylation sites (N-methyl/N-ethyl adjacent to an activating group) is 1. The van der Waals surface area contributed by atoms with Gasteiger partial charge in [-0.15, -0.1) is 0 Å². The Labute approximate surface area is 68.9 Å². The van der Waals surface area contributed by atoms with E-state index >= 15 is 0 Å². The number of hydrogen-bond acceptors (Lipinski definition) is 1. The van der Waals surface area contributed by atoms with Gasteiger partial charge in [0.05, 0.1) is 14.1 Å². The van der Waals surface area contributed by atoms with E-state index in [4.69, 9.17) is 4.74 Å². The maximum atomic E-state index is 5.48. The molecule has 0 aliphatic carbocycles. The highest BCUT2D eigenvalue weighted by Crippen LogP contribution is 2.31. The topological polar surface area (TPSA) is 17.0 Å². The molecule has 0 spiro atoms. The summed E-state index contributed by atoms with van der Waals surface area (Å²) in [6.07, 6.45) is 1.64.